The third kappa shape index (κ3) is 5.00. The van der Waals surface area contributed by atoms with Crippen molar-refractivity contribution in [2.24, 2.45) is 0 Å². The fourth-order valence-electron chi connectivity index (χ4n) is 4.98. The van der Waals surface area contributed by atoms with Crippen LogP contribution in [-0.2, 0) is 9.59 Å². The van der Waals surface area contributed by atoms with Crippen LogP contribution in [0.5, 0.6) is 0 Å². The third-order valence-electron chi connectivity index (χ3n) is 6.84. The van der Waals surface area contributed by atoms with E-state index < -0.39 is 0 Å². The molecule has 0 unspecified atom stereocenters. The minimum Gasteiger partial charge on any atom is -0.354 e. The highest BCUT2D eigenvalue weighted by Crippen LogP contribution is 2.32. The van der Waals surface area contributed by atoms with Gasteiger partial charge in [-0.1, -0.05) is 97.1 Å². The summed E-state index contributed by atoms with van der Waals surface area (Å²) in [7, 11) is 0. The highest BCUT2D eigenvalue weighted by molar-refractivity contribution is 6.12. The summed E-state index contributed by atoms with van der Waals surface area (Å²) in [4.78, 5) is 32.6. The molecule has 6 rings (SSSR count). The molecule has 0 saturated carbocycles. The first kappa shape index (κ1) is 24.1. The van der Waals surface area contributed by atoms with Gasteiger partial charge in [0.2, 0.25) is 0 Å². The molecule has 2 heterocycles. The van der Waals surface area contributed by atoms with Gasteiger partial charge in [0, 0.05) is 32.9 Å². The predicted octanol–water partition coefficient (Wildman–Crippen LogP) is 8.24. The van der Waals surface area contributed by atoms with E-state index in [1.54, 1.807) is 0 Å². The molecule has 6 aromatic rings. The molecular weight excluding hydrogens is 480 g/mol. The van der Waals surface area contributed by atoms with E-state index in [9.17, 15) is 9.59 Å². The number of H-pyrrole nitrogens is 2. The lowest BCUT2D eigenvalue weighted by Crippen LogP contribution is -2.02. The number of fused-ring (bicyclic) bond motifs is 2. The molecule has 4 heteroatoms. The normalized spacial score (nSPS) is 11.7. The van der Waals surface area contributed by atoms with Crippen molar-refractivity contribution in [2.75, 3.05) is 0 Å². The maximum atomic E-state index is 12.8. The van der Waals surface area contributed by atoms with Crippen molar-refractivity contribution in [3.05, 3.63) is 132 Å². The second-order valence-electron chi connectivity index (χ2n) is 9.43. The smallest absolute Gasteiger partial charge is 0.163 e. The number of allylic oxidation sites excluding steroid dienone is 2. The Morgan fingerprint density at radius 1 is 0.513 bits per heavy atom. The van der Waals surface area contributed by atoms with Crippen molar-refractivity contribution in [2.45, 2.75) is 6.42 Å². The number of ketones is 2. The van der Waals surface area contributed by atoms with Crippen LogP contribution >= 0.6 is 0 Å². The fourth-order valence-corrected chi connectivity index (χ4v) is 4.98. The van der Waals surface area contributed by atoms with E-state index in [-0.39, 0.29) is 18.0 Å². The Morgan fingerprint density at radius 2 is 0.897 bits per heavy atom. The van der Waals surface area contributed by atoms with Gasteiger partial charge in [-0.25, -0.2) is 0 Å². The largest absolute Gasteiger partial charge is 0.354 e. The summed E-state index contributed by atoms with van der Waals surface area (Å²) in [6.07, 6.45) is 6.45. The summed E-state index contributed by atoms with van der Waals surface area (Å²) < 4.78 is 0. The number of nitrogens with one attached hydrogen (secondary N) is 2. The van der Waals surface area contributed by atoms with E-state index in [0.717, 1.165) is 55.4 Å². The van der Waals surface area contributed by atoms with Crippen LogP contribution in [0.2, 0.25) is 0 Å². The molecule has 4 nitrogen and oxygen atoms in total. The van der Waals surface area contributed by atoms with Crippen molar-refractivity contribution in [3.8, 4) is 22.5 Å². The van der Waals surface area contributed by atoms with Crippen LogP contribution in [0.25, 0.3) is 56.5 Å². The van der Waals surface area contributed by atoms with E-state index in [1.165, 1.54) is 12.2 Å². The Labute approximate surface area is 226 Å². The zero-order valence-corrected chi connectivity index (χ0v) is 21.2. The molecule has 0 amide bonds. The lowest BCUT2D eigenvalue weighted by atomic mass is 10.0. The summed E-state index contributed by atoms with van der Waals surface area (Å²) in [6.45, 7) is 0. The summed E-state index contributed by atoms with van der Waals surface area (Å²) in [5, 5.41) is 2.05. The molecule has 0 fully saturated rings. The van der Waals surface area contributed by atoms with Gasteiger partial charge in [-0.15, -0.1) is 0 Å². The Bertz CT molecular complexity index is 1720. The average Bonchev–Trinajstić information content (AvgIpc) is 3.54. The van der Waals surface area contributed by atoms with Crippen LogP contribution in [0, 0.1) is 0 Å². The minimum atomic E-state index is -0.240. The third-order valence-corrected chi connectivity index (χ3v) is 6.84. The molecule has 4 aromatic carbocycles. The Morgan fingerprint density at radius 3 is 1.33 bits per heavy atom. The van der Waals surface area contributed by atoms with Gasteiger partial charge in [0.05, 0.1) is 17.8 Å². The first-order valence-corrected chi connectivity index (χ1v) is 12.9. The Balaban J connectivity index is 1.24. The number of aromatic nitrogens is 2. The SMILES string of the molecule is O=C(/C=C/c1c(-c2ccccc2)[nH]c2ccccc12)CC(=O)/C=C/c1c(-c2ccccc2)[nH]c2ccccc12. The van der Waals surface area contributed by atoms with Crippen LogP contribution in [0.3, 0.4) is 0 Å². The van der Waals surface area contributed by atoms with Gasteiger partial charge in [0.25, 0.3) is 0 Å². The van der Waals surface area contributed by atoms with Gasteiger partial charge in [0.15, 0.2) is 11.6 Å². The summed E-state index contributed by atoms with van der Waals surface area (Å²) in [6, 6.07) is 36.1. The number of hydrogen-bond acceptors (Lipinski definition) is 2. The van der Waals surface area contributed by atoms with E-state index in [0.29, 0.717) is 0 Å². The molecule has 0 aliphatic rings. The van der Waals surface area contributed by atoms with Crippen molar-refractivity contribution in [1.29, 1.82) is 0 Å². The second-order valence-corrected chi connectivity index (χ2v) is 9.43. The number of aromatic amines is 2. The van der Waals surface area contributed by atoms with Crippen LogP contribution in [0.4, 0.5) is 0 Å². The quantitative estimate of drug-likeness (QED) is 0.161. The van der Waals surface area contributed by atoms with E-state index >= 15 is 0 Å². The molecule has 0 bridgehead atoms. The number of benzene rings is 4. The molecule has 39 heavy (non-hydrogen) atoms. The zero-order valence-electron chi connectivity index (χ0n) is 21.2. The first-order chi connectivity index (χ1) is 19.2. The van der Waals surface area contributed by atoms with E-state index in [2.05, 4.69) is 9.97 Å². The highest BCUT2D eigenvalue weighted by atomic mass is 16.1. The number of hydrogen-bond donors (Lipinski definition) is 2. The standard InChI is InChI=1S/C35H26N2O2/c38-26(19-21-30-28-15-7-9-17-32(28)36-34(30)24-11-3-1-4-12-24)23-27(39)20-22-31-29-16-8-10-18-33(29)37-35(31)25-13-5-2-6-14-25/h1-22,36-37H,23H2/b21-19+,22-20+. The maximum absolute atomic E-state index is 12.8. The average molecular weight is 507 g/mol. The van der Waals surface area contributed by atoms with Gasteiger partial charge in [0.1, 0.15) is 0 Å². The fraction of sp³-hybridized carbons (Fsp3) is 0.0286. The number of carbonyl (C=O) groups is 2. The summed E-state index contributed by atoms with van der Waals surface area (Å²) in [5.41, 5.74) is 7.81. The monoisotopic (exact) mass is 506 g/mol. The molecule has 0 spiro atoms. The summed E-state index contributed by atoms with van der Waals surface area (Å²) in [5.74, 6) is -0.479. The maximum Gasteiger partial charge on any atom is 0.163 e. The van der Waals surface area contributed by atoms with E-state index in [1.807, 2.05) is 121 Å². The topological polar surface area (TPSA) is 65.7 Å². The lowest BCUT2D eigenvalue weighted by molar-refractivity contribution is -0.121. The molecular formula is C35H26N2O2. The highest BCUT2D eigenvalue weighted by Gasteiger charge is 2.13. The van der Waals surface area contributed by atoms with E-state index in [4.69, 9.17) is 0 Å². The zero-order chi connectivity index (χ0) is 26.6. The molecule has 2 N–H and O–H groups in total. The predicted molar refractivity (Wildman–Crippen MR) is 160 cm³/mol. The lowest BCUT2D eigenvalue weighted by Gasteiger charge is -2.01. The molecule has 0 aliphatic carbocycles. The number of carbonyl (C=O) groups excluding carboxylic acids is 2. The minimum absolute atomic E-state index is 0.195. The molecule has 0 atom stereocenters. The molecule has 188 valence electrons. The van der Waals surface area contributed by atoms with Gasteiger partial charge in [-0.05, 0) is 47.6 Å². The van der Waals surface area contributed by atoms with Crippen LogP contribution in [-0.4, -0.2) is 21.5 Å². The van der Waals surface area contributed by atoms with Crippen molar-refractivity contribution in [3.63, 3.8) is 0 Å². The molecule has 2 aromatic heterocycles. The van der Waals surface area contributed by atoms with Crippen LogP contribution in [0.1, 0.15) is 17.5 Å². The van der Waals surface area contributed by atoms with Gasteiger partial charge in [-0.3, -0.25) is 9.59 Å². The Hall–Kier alpha value is -5.22. The Kier molecular flexibility index (Phi) is 6.59. The molecule has 0 saturated heterocycles. The van der Waals surface area contributed by atoms with Gasteiger partial charge >= 0.3 is 0 Å². The second kappa shape index (κ2) is 10.6. The number of para-hydroxylation sites is 2. The summed E-state index contributed by atoms with van der Waals surface area (Å²) >= 11 is 0. The molecule has 0 radical (unpaired) electrons. The van der Waals surface area contributed by atoms with Gasteiger partial charge < -0.3 is 9.97 Å². The van der Waals surface area contributed by atoms with Crippen LogP contribution < -0.4 is 0 Å². The first-order valence-electron chi connectivity index (χ1n) is 12.9. The van der Waals surface area contributed by atoms with Crippen molar-refractivity contribution in [1.82, 2.24) is 9.97 Å². The van der Waals surface area contributed by atoms with Gasteiger partial charge in [-0.2, -0.15) is 0 Å². The number of rotatable bonds is 8. The van der Waals surface area contributed by atoms with Crippen molar-refractivity contribution < 1.29 is 9.59 Å². The van der Waals surface area contributed by atoms with Crippen molar-refractivity contribution >= 4 is 45.5 Å². The van der Waals surface area contributed by atoms with Crippen LogP contribution in [0.15, 0.2) is 121 Å². The molecule has 0 aliphatic heterocycles.